The molecule has 2 aromatic heterocycles. The van der Waals surface area contributed by atoms with Gasteiger partial charge < -0.3 is 9.32 Å². The molecule has 0 radical (unpaired) electrons. The van der Waals surface area contributed by atoms with Crippen molar-refractivity contribution in [3.63, 3.8) is 0 Å². The number of benzene rings is 9. The lowest BCUT2D eigenvalue weighted by atomic mass is 9.94. The molecule has 0 aliphatic rings. The summed E-state index contributed by atoms with van der Waals surface area (Å²) in [6.07, 6.45) is 0. The Balaban J connectivity index is 1.12. The summed E-state index contributed by atoms with van der Waals surface area (Å²) in [7, 11) is 0. The zero-order valence-corrected chi connectivity index (χ0v) is 31.8. The molecule has 2 heterocycles. The Morgan fingerprint density at radius 2 is 0.842 bits per heavy atom. The van der Waals surface area contributed by atoms with Crippen LogP contribution in [0.2, 0.25) is 0 Å². The van der Waals surface area contributed by atoms with Gasteiger partial charge in [-0.05, 0) is 81.4 Å². The Bertz CT molecular complexity index is 3200. The highest BCUT2D eigenvalue weighted by atomic mass is 32.1. The van der Waals surface area contributed by atoms with Gasteiger partial charge in [-0.3, -0.25) is 0 Å². The predicted octanol–water partition coefficient (Wildman–Crippen LogP) is 16.1. The molecular formula is C54H35NOS. The van der Waals surface area contributed by atoms with Crippen LogP contribution in [0.4, 0.5) is 17.1 Å². The van der Waals surface area contributed by atoms with Crippen LogP contribution in [0, 0.1) is 0 Å². The molecule has 0 amide bonds. The number of thiophene rings is 1. The summed E-state index contributed by atoms with van der Waals surface area (Å²) >= 11 is 1.88. The molecule has 0 fully saturated rings. The van der Waals surface area contributed by atoms with E-state index in [1.807, 2.05) is 17.4 Å². The summed E-state index contributed by atoms with van der Waals surface area (Å²) in [5.74, 6) is 0. The third-order valence-electron chi connectivity index (χ3n) is 11.1. The van der Waals surface area contributed by atoms with Crippen molar-refractivity contribution in [2.75, 3.05) is 4.90 Å². The van der Waals surface area contributed by atoms with E-state index in [2.05, 4.69) is 211 Å². The zero-order valence-electron chi connectivity index (χ0n) is 31.0. The van der Waals surface area contributed by atoms with Crippen LogP contribution in [-0.4, -0.2) is 0 Å². The van der Waals surface area contributed by atoms with Crippen molar-refractivity contribution in [2.45, 2.75) is 0 Å². The zero-order chi connectivity index (χ0) is 37.7. The Kier molecular flexibility index (Phi) is 8.04. The summed E-state index contributed by atoms with van der Waals surface area (Å²) in [5, 5.41) is 4.81. The number of rotatable bonds is 7. The van der Waals surface area contributed by atoms with Gasteiger partial charge in [0.2, 0.25) is 0 Å². The van der Waals surface area contributed by atoms with Crippen molar-refractivity contribution >= 4 is 70.5 Å². The van der Waals surface area contributed by atoms with E-state index in [0.717, 1.165) is 50.1 Å². The van der Waals surface area contributed by atoms with Gasteiger partial charge in [0.15, 0.2) is 5.58 Å². The van der Waals surface area contributed by atoms with Crippen molar-refractivity contribution in [1.82, 2.24) is 0 Å². The molecule has 11 rings (SSSR count). The van der Waals surface area contributed by atoms with E-state index in [9.17, 15) is 0 Å². The first-order valence-electron chi connectivity index (χ1n) is 19.3. The number of furan rings is 1. The van der Waals surface area contributed by atoms with Crippen molar-refractivity contribution in [1.29, 1.82) is 0 Å². The lowest BCUT2D eigenvalue weighted by molar-refractivity contribution is 0.669. The fraction of sp³-hybridized carbons (Fsp3) is 0. The average molecular weight is 746 g/mol. The largest absolute Gasteiger partial charge is 0.454 e. The quantitative estimate of drug-likeness (QED) is 0.162. The number of nitrogens with zero attached hydrogens (tertiary/aromatic N) is 1. The first-order chi connectivity index (χ1) is 28.3. The Labute approximate surface area is 335 Å². The highest BCUT2D eigenvalue weighted by Gasteiger charge is 2.24. The van der Waals surface area contributed by atoms with Crippen molar-refractivity contribution in [3.05, 3.63) is 212 Å². The standard InChI is InChI=1S/C54H35NOS/c1-4-14-36(15-5-1)37-24-28-41(29-25-37)55(52-44(39-18-8-3-9-19-39)33-35-47-46-20-10-12-22-49(46)56-53(47)52)42-30-26-40(27-31-42)45-34-32-43(38-16-6-2-7-17-38)51-48-21-11-13-23-50(48)57-54(45)51/h1-35H. The Morgan fingerprint density at radius 3 is 1.53 bits per heavy atom. The molecule has 0 spiro atoms. The lowest BCUT2D eigenvalue weighted by Crippen LogP contribution is -2.11. The molecule has 0 unspecified atom stereocenters. The summed E-state index contributed by atoms with van der Waals surface area (Å²) in [4.78, 5) is 2.37. The SMILES string of the molecule is c1ccc(-c2ccc(N(c3ccc(-c4ccc(-c5ccccc5)c5c4sc4ccccc45)cc3)c3c(-c4ccccc4)ccc4c3oc3ccccc34)cc2)cc1. The van der Waals surface area contributed by atoms with Crippen molar-refractivity contribution in [3.8, 4) is 44.5 Å². The van der Waals surface area contributed by atoms with E-state index in [1.165, 1.54) is 53.6 Å². The van der Waals surface area contributed by atoms with Gasteiger partial charge in [-0.2, -0.15) is 0 Å². The summed E-state index contributed by atoms with van der Waals surface area (Å²) in [5.41, 5.74) is 14.3. The molecule has 0 bridgehead atoms. The molecule has 268 valence electrons. The summed E-state index contributed by atoms with van der Waals surface area (Å²) < 4.78 is 9.44. The van der Waals surface area contributed by atoms with Crippen molar-refractivity contribution < 1.29 is 4.42 Å². The molecule has 0 aliphatic carbocycles. The maximum absolute atomic E-state index is 6.84. The van der Waals surface area contributed by atoms with E-state index < -0.39 is 0 Å². The minimum Gasteiger partial charge on any atom is -0.454 e. The van der Waals surface area contributed by atoms with Gasteiger partial charge in [-0.25, -0.2) is 0 Å². The van der Waals surface area contributed by atoms with Gasteiger partial charge >= 0.3 is 0 Å². The number of hydrogen-bond donors (Lipinski definition) is 0. The number of para-hydroxylation sites is 1. The van der Waals surface area contributed by atoms with Gasteiger partial charge in [-0.15, -0.1) is 11.3 Å². The third kappa shape index (κ3) is 5.71. The minimum absolute atomic E-state index is 0.859. The lowest BCUT2D eigenvalue weighted by Gasteiger charge is -2.28. The van der Waals surface area contributed by atoms with Crippen LogP contribution >= 0.6 is 11.3 Å². The van der Waals surface area contributed by atoms with Gasteiger partial charge in [0, 0.05) is 47.9 Å². The molecule has 0 aliphatic heterocycles. The highest BCUT2D eigenvalue weighted by molar-refractivity contribution is 7.26. The van der Waals surface area contributed by atoms with Gasteiger partial charge in [0.25, 0.3) is 0 Å². The molecule has 0 N–H and O–H groups in total. The fourth-order valence-corrected chi connectivity index (χ4v) is 9.66. The van der Waals surface area contributed by atoms with Crippen LogP contribution in [0.3, 0.4) is 0 Å². The van der Waals surface area contributed by atoms with Crippen LogP contribution < -0.4 is 4.90 Å². The van der Waals surface area contributed by atoms with E-state index in [4.69, 9.17) is 4.42 Å². The second kappa shape index (κ2) is 13.8. The fourth-order valence-electron chi connectivity index (χ4n) is 8.39. The molecule has 0 atom stereocenters. The topological polar surface area (TPSA) is 16.4 Å². The monoisotopic (exact) mass is 745 g/mol. The molecule has 9 aromatic carbocycles. The molecule has 3 heteroatoms. The van der Waals surface area contributed by atoms with Crippen LogP contribution in [0.1, 0.15) is 0 Å². The summed E-state index contributed by atoms with van der Waals surface area (Å²) in [6, 6.07) is 76.2. The van der Waals surface area contributed by atoms with Crippen LogP contribution in [-0.2, 0) is 0 Å². The smallest absolute Gasteiger partial charge is 0.160 e. The molecular weight excluding hydrogens is 711 g/mol. The van der Waals surface area contributed by atoms with Gasteiger partial charge in [-0.1, -0.05) is 170 Å². The Morgan fingerprint density at radius 1 is 0.351 bits per heavy atom. The number of hydrogen-bond acceptors (Lipinski definition) is 3. The van der Waals surface area contributed by atoms with Gasteiger partial charge in [0.05, 0.1) is 5.69 Å². The summed E-state index contributed by atoms with van der Waals surface area (Å²) in [6.45, 7) is 0. The molecule has 0 saturated carbocycles. The molecule has 57 heavy (non-hydrogen) atoms. The second-order valence-electron chi connectivity index (χ2n) is 14.4. The van der Waals surface area contributed by atoms with Crippen LogP contribution in [0.25, 0.3) is 86.6 Å². The average Bonchev–Trinajstić information content (AvgIpc) is 3.87. The maximum Gasteiger partial charge on any atom is 0.160 e. The van der Waals surface area contributed by atoms with E-state index >= 15 is 0 Å². The van der Waals surface area contributed by atoms with E-state index in [0.29, 0.717) is 0 Å². The molecule has 11 aromatic rings. The van der Waals surface area contributed by atoms with Gasteiger partial charge in [0.1, 0.15) is 5.58 Å². The maximum atomic E-state index is 6.84. The highest BCUT2D eigenvalue weighted by Crippen LogP contribution is 2.49. The van der Waals surface area contributed by atoms with E-state index in [-0.39, 0.29) is 0 Å². The second-order valence-corrected chi connectivity index (χ2v) is 15.5. The normalized spacial score (nSPS) is 11.5. The van der Waals surface area contributed by atoms with Crippen molar-refractivity contribution in [2.24, 2.45) is 0 Å². The third-order valence-corrected chi connectivity index (χ3v) is 12.3. The first-order valence-corrected chi connectivity index (χ1v) is 20.2. The van der Waals surface area contributed by atoms with E-state index in [1.54, 1.807) is 0 Å². The predicted molar refractivity (Wildman–Crippen MR) is 243 cm³/mol. The molecule has 2 nitrogen and oxygen atoms in total. The first kappa shape index (κ1) is 33.2. The molecule has 0 saturated heterocycles. The van der Waals surface area contributed by atoms with Crippen LogP contribution in [0.5, 0.6) is 0 Å². The Hall–Kier alpha value is -7.20. The van der Waals surface area contributed by atoms with Crippen LogP contribution in [0.15, 0.2) is 217 Å². The number of fused-ring (bicyclic) bond motifs is 6. The minimum atomic E-state index is 0.859. The number of anilines is 3.